The highest BCUT2D eigenvalue weighted by molar-refractivity contribution is 5.28. The molecule has 1 aliphatic heterocycles. The summed E-state index contributed by atoms with van der Waals surface area (Å²) in [7, 11) is 0. The molecule has 0 amide bonds. The summed E-state index contributed by atoms with van der Waals surface area (Å²) < 4.78 is 5.76. The number of benzene rings is 1. The molecule has 0 aliphatic carbocycles. The average molecular weight is 301 g/mol. The Kier molecular flexibility index (Phi) is 5.82. The maximum Gasteiger partial charge on any atom is 0.0678 e. The predicted molar refractivity (Wildman–Crippen MR) is 94.4 cm³/mol. The van der Waals surface area contributed by atoms with E-state index >= 15 is 0 Å². The van der Waals surface area contributed by atoms with E-state index in [0.29, 0.717) is 12.2 Å². The van der Waals surface area contributed by atoms with Crippen LogP contribution >= 0.6 is 0 Å². The summed E-state index contributed by atoms with van der Waals surface area (Å²) >= 11 is 0. The summed E-state index contributed by atoms with van der Waals surface area (Å²) in [5, 5.41) is 0. The highest BCUT2D eigenvalue weighted by atomic mass is 16.5. The lowest BCUT2D eigenvalue weighted by molar-refractivity contribution is -0.0646. The van der Waals surface area contributed by atoms with Gasteiger partial charge in [0.2, 0.25) is 0 Å². The van der Waals surface area contributed by atoms with Crippen LogP contribution in [0.2, 0.25) is 0 Å². The molecule has 1 heterocycles. The highest BCUT2D eigenvalue weighted by Crippen LogP contribution is 2.22. The molecule has 2 atom stereocenters. The van der Waals surface area contributed by atoms with Gasteiger partial charge in [0.15, 0.2) is 0 Å². The predicted octanol–water partition coefficient (Wildman–Crippen LogP) is 4.19. The SMILES string of the molecule is CC1CN(CC=CCc2ccc(C(C)(C)C)cc2)CC(C)O1. The molecule has 0 N–H and O–H groups in total. The van der Waals surface area contributed by atoms with Crippen molar-refractivity contribution in [2.75, 3.05) is 19.6 Å². The van der Waals surface area contributed by atoms with E-state index in [9.17, 15) is 0 Å². The zero-order valence-corrected chi connectivity index (χ0v) is 14.8. The molecule has 2 nitrogen and oxygen atoms in total. The first kappa shape index (κ1) is 17.2. The first-order valence-corrected chi connectivity index (χ1v) is 8.47. The van der Waals surface area contributed by atoms with Crippen LogP contribution < -0.4 is 0 Å². The molecule has 2 heteroatoms. The lowest BCUT2D eigenvalue weighted by Crippen LogP contribution is -2.45. The van der Waals surface area contributed by atoms with Crippen LogP contribution in [0, 0.1) is 0 Å². The summed E-state index contributed by atoms with van der Waals surface area (Å²) in [6, 6.07) is 9.02. The number of rotatable bonds is 4. The van der Waals surface area contributed by atoms with E-state index in [0.717, 1.165) is 26.1 Å². The topological polar surface area (TPSA) is 12.5 Å². The summed E-state index contributed by atoms with van der Waals surface area (Å²) in [5.74, 6) is 0. The van der Waals surface area contributed by atoms with E-state index in [4.69, 9.17) is 4.74 Å². The first-order valence-electron chi connectivity index (χ1n) is 8.47. The molecule has 2 unspecified atom stereocenters. The molecule has 1 aliphatic rings. The molecule has 22 heavy (non-hydrogen) atoms. The second kappa shape index (κ2) is 7.43. The summed E-state index contributed by atoms with van der Waals surface area (Å²) in [6.07, 6.45) is 6.29. The molecule has 0 spiro atoms. The number of hydrogen-bond acceptors (Lipinski definition) is 2. The fourth-order valence-corrected chi connectivity index (χ4v) is 3.02. The van der Waals surface area contributed by atoms with Gasteiger partial charge in [0.25, 0.3) is 0 Å². The Morgan fingerprint density at radius 3 is 2.18 bits per heavy atom. The lowest BCUT2D eigenvalue weighted by atomic mass is 9.86. The van der Waals surface area contributed by atoms with Crippen molar-refractivity contribution < 1.29 is 4.74 Å². The summed E-state index contributed by atoms with van der Waals surface area (Å²) in [5.41, 5.74) is 3.02. The molecule has 1 aromatic rings. The number of morpholine rings is 1. The Labute approximate surface area is 136 Å². The molecule has 0 bridgehead atoms. The van der Waals surface area contributed by atoms with E-state index in [1.807, 2.05) is 0 Å². The quantitative estimate of drug-likeness (QED) is 0.773. The maximum absolute atomic E-state index is 5.76. The zero-order chi connectivity index (χ0) is 16.2. The van der Waals surface area contributed by atoms with Gasteiger partial charge in [-0.05, 0) is 36.8 Å². The zero-order valence-electron chi connectivity index (χ0n) is 14.8. The van der Waals surface area contributed by atoms with Crippen molar-refractivity contribution in [1.29, 1.82) is 0 Å². The standard InChI is InChI=1S/C20H31NO/c1-16-14-21(15-17(2)22-16)13-7-6-8-18-9-11-19(12-10-18)20(3,4)5/h6-7,9-12,16-17H,8,13-15H2,1-5H3. The fourth-order valence-electron chi connectivity index (χ4n) is 3.02. The largest absolute Gasteiger partial charge is 0.373 e. The molecule has 0 aromatic heterocycles. The summed E-state index contributed by atoms with van der Waals surface area (Å²) in [6.45, 7) is 14.2. The van der Waals surface area contributed by atoms with Crippen molar-refractivity contribution >= 4 is 0 Å². The molecule has 122 valence electrons. The normalized spacial score (nSPS) is 24.0. The molecule has 0 saturated carbocycles. The average Bonchev–Trinajstić information content (AvgIpc) is 2.42. The highest BCUT2D eigenvalue weighted by Gasteiger charge is 2.20. The molecule has 1 fully saturated rings. The second-order valence-electron chi connectivity index (χ2n) is 7.60. The van der Waals surface area contributed by atoms with Crippen LogP contribution in [0.4, 0.5) is 0 Å². The van der Waals surface area contributed by atoms with Gasteiger partial charge in [0.05, 0.1) is 12.2 Å². The smallest absolute Gasteiger partial charge is 0.0678 e. The maximum atomic E-state index is 5.76. The van der Waals surface area contributed by atoms with Crippen molar-refractivity contribution in [1.82, 2.24) is 4.90 Å². The van der Waals surface area contributed by atoms with Crippen LogP contribution in [0.15, 0.2) is 36.4 Å². The van der Waals surface area contributed by atoms with Gasteiger partial charge >= 0.3 is 0 Å². The minimum Gasteiger partial charge on any atom is -0.373 e. The Morgan fingerprint density at radius 2 is 1.64 bits per heavy atom. The monoisotopic (exact) mass is 301 g/mol. The Bertz CT molecular complexity index is 473. The Hall–Kier alpha value is -1.12. The van der Waals surface area contributed by atoms with E-state index in [1.165, 1.54) is 11.1 Å². The third-order valence-electron chi connectivity index (χ3n) is 4.20. The number of hydrogen-bond donors (Lipinski definition) is 0. The van der Waals surface area contributed by atoms with Gasteiger partial charge in [-0.15, -0.1) is 0 Å². The minimum atomic E-state index is 0.234. The number of ether oxygens (including phenoxy) is 1. The molecule has 0 radical (unpaired) electrons. The van der Waals surface area contributed by atoms with E-state index in [-0.39, 0.29) is 5.41 Å². The third kappa shape index (κ3) is 5.26. The van der Waals surface area contributed by atoms with Crippen molar-refractivity contribution in [3.05, 3.63) is 47.5 Å². The number of allylic oxidation sites excluding steroid dienone is 1. The van der Waals surface area contributed by atoms with Gasteiger partial charge in [0, 0.05) is 19.6 Å². The third-order valence-corrected chi connectivity index (χ3v) is 4.20. The molecule has 2 rings (SSSR count). The van der Waals surface area contributed by atoms with E-state index in [2.05, 4.69) is 75.9 Å². The van der Waals surface area contributed by atoms with E-state index in [1.54, 1.807) is 0 Å². The fraction of sp³-hybridized carbons (Fsp3) is 0.600. The van der Waals surface area contributed by atoms with Crippen LogP contribution in [0.3, 0.4) is 0 Å². The molecule has 1 saturated heterocycles. The molecular formula is C20H31NO. The van der Waals surface area contributed by atoms with Gasteiger partial charge in [-0.1, -0.05) is 57.2 Å². The molecule has 1 aromatic carbocycles. The van der Waals surface area contributed by atoms with Gasteiger partial charge in [0.1, 0.15) is 0 Å². The lowest BCUT2D eigenvalue weighted by Gasteiger charge is -2.34. The van der Waals surface area contributed by atoms with Crippen molar-refractivity contribution in [3.63, 3.8) is 0 Å². The van der Waals surface area contributed by atoms with Crippen molar-refractivity contribution in [3.8, 4) is 0 Å². The van der Waals surface area contributed by atoms with Crippen LogP contribution in [-0.2, 0) is 16.6 Å². The van der Waals surface area contributed by atoms with Crippen molar-refractivity contribution in [2.45, 2.75) is 58.7 Å². The van der Waals surface area contributed by atoms with Crippen molar-refractivity contribution in [2.24, 2.45) is 0 Å². The van der Waals surface area contributed by atoms with Gasteiger partial charge in [-0.3, -0.25) is 4.90 Å². The minimum absolute atomic E-state index is 0.234. The van der Waals surface area contributed by atoms with Crippen LogP contribution in [0.1, 0.15) is 45.7 Å². The number of nitrogens with zero attached hydrogens (tertiary/aromatic N) is 1. The van der Waals surface area contributed by atoms with Gasteiger partial charge in [-0.2, -0.15) is 0 Å². The first-order chi connectivity index (χ1) is 10.3. The van der Waals surface area contributed by atoms with Crippen LogP contribution in [0.25, 0.3) is 0 Å². The van der Waals surface area contributed by atoms with Crippen LogP contribution in [0.5, 0.6) is 0 Å². The Morgan fingerprint density at radius 1 is 1.05 bits per heavy atom. The Balaban J connectivity index is 1.80. The van der Waals surface area contributed by atoms with Crippen LogP contribution in [-0.4, -0.2) is 36.7 Å². The van der Waals surface area contributed by atoms with Gasteiger partial charge in [-0.25, -0.2) is 0 Å². The van der Waals surface area contributed by atoms with E-state index < -0.39 is 0 Å². The molecular weight excluding hydrogens is 270 g/mol. The van der Waals surface area contributed by atoms with Gasteiger partial charge < -0.3 is 4.74 Å². The summed E-state index contributed by atoms with van der Waals surface area (Å²) in [4.78, 5) is 2.47. The second-order valence-corrected chi connectivity index (χ2v) is 7.60.